The Labute approximate surface area is 123 Å². The van der Waals surface area contributed by atoms with Crippen molar-refractivity contribution in [3.63, 3.8) is 0 Å². The summed E-state index contributed by atoms with van der Waals surface area (Å²) >= 11 is 5.11. The first-order valence-electron chi connectivity index (χ1n) is 5.72. The van der Waals surface area contributed by atoms with E-state index in [-0.39, 0.29) is 0 Å². The number of fused-ring (bicyclic) bond motifs is 1. The third-order valence-electron chi connectivity index (χ3n) is 2.70. The number of nitrogens with one attached hydrogen (secondary N) is 1. The van der Waals surface area contributed by atoms with Crippen molar-refractivity contribution in [2.24, 2.45) is 0 Å². The second-order valence-corrected chi connectivity index (χ2v) is 5.85. The van der Waals surface area contributed by atoms with Gasteiger partial charge in [-0.25, -0.2) is 4.98 Å². The lowest BCUT2D eigenvalue weighted by atomic mass is 10.3. The fourth-order valence-electron chi connectivity index (χ4n) is 1.79. The molecule has 0 aliphatic carbocycles. The summed E-state index contributed by atoms with van der Waals surface area (Å²) in [7, 11) is 1.65. The summed E-state index contributed by atoms with van der Waals surface area (Å²) in [6, 6.07) is 14.0. The zero-order valence-electron chi connectivity index (χ0n) is 10.2. The monoisotopic (exact) mass is 334 g/mol. The topological polar surface area (TPSA) is 34.1 Å². The van der Waals surface area contributed by atoms with Crippen LogP contribution in [-0.4, -0.2) is 12.1 Å². The Kier molecular flexibility index (Phi) is 3.40. The molecular formula is C14H11BrN2OS. The Morgan fingerprint density at radius 2 is 2.05 bits per heavy atom. The van der Waals surface area contributed by atoms with Crippen molar-refractivity contribution in [3.8, 4) is 5.75 Å². The van der Waals surface area contributed by atoms with Crippen LogP contribution in [0.15, 0.2) is 46.9 Å². The summed E-state index contributed by atoms with van der Waals surface area (Å²) < 4.78 is 7.31. The van der Waals surface area contributed by atoms with Crippen LogP contribution in [0.3, 0.4) is 0 Å². The number of benzene rings is 2. The molecular weight excluding hydrogens is 324 g/mol. The molecule has 0 radical (unpaired) electrons. The molecule has 3 aromatic rings. The number of nitrogens with zero attached hydrogens (tertiary/aromatic N) is 1. The highest BCUT2D eigenvalue weighted by Crippen LogP contribution is 2.31. The zero-order chi connectivity index (χ0) is 13.2. The van der Waals surface area contributed by atoms with Gasteiger partial charge in [0, 0.05) is 5.69 Å². The van der Waals surface area contributed by atoms with Crippen molar-refractivity contribution in [3.05, 3.63) is 46.9 Å². The summed E-state index contributed by atoms with van der Waals surface area (Å²) in [5.74, 6) is 0.815. The molecule has 0 fully saturated rings. The lowest BCUT2D eigenvalue weighted by Crippen LogP contribution is -1.90. The van der Waals surface area contributed by atoms with E-state index in [1.54, 1.807) is 18.4 Å². The predicted octanol–water partition coefficient (Wildman–Crippen LogP) is 4.81. The molecule has 0 atom stereocenters. The van der Waals surface area contributed by atoms with Crippen LogP contribution in [0, 0.1) is 0 Å². The number of methoxy groups -OCH3 is 1. The van der Waals surface area contributed by atoms with Gasteiger partial charge in [-0.3, -0.25) is 0 Å². The molecule has 3 nitrogen and oxygen atoms in total. The van der Waals surface area contributed by atoms with Crippen LogP contribution in [0.5, 0.6) is 5.75 Å². The molecule has 1 N–H and O–H groups in total. The number of thiazole rings is 1. The number of rotatable bonds is 3. The molecule has 1 aromatic heterocycles. The third-order valence-corrected chi connectivity index (χ3v) is 4.27. The molecule has 5 heteroatoms. The van der Waals surface area contributed by atoms with Crippen molar-refractivity contribution >= 4 is 48.3 Å². The van der Waals surface area contributed by atoms with Gasteiger partial charge >= 0.3 is 0 Å². The van der Waals surface area contributed by atoms with E-state index in [1.807, 2.05) is 36.4 Å². The number of ether oxygens (including phenoxy) is 1. The Morgan fingerprint density at radius 1 is 1.21 bits per heavy atom. The standard InChI is InChI=1S/C14H11BrN2OS/c1-18-12-7-6-9(8-10(12)15)16-14-17-11-4-2-3-5-13(11)19-14/h2-8H,1H3,(H,16,17). The van der Waals surface area contributed by atoms with Crippen LogP contribution in [0.2, 0.25) is 0 Å². The number of anilines is 2. The molecule has 0 amide bonds. The second kappa shape index (κ2) is 5.19. The van der Waals surface area contributed by atoms with Crippen molar-refractivity contribution in [2.45, 2.75) is 0 Å². The van der Waals surface area contributed by atoms with Crippen molar-refractivity contribution in [1.29, 1.82) is 0 Å². The third kappa shape index (κ3) is 2.57. The molecule has 0 saturated heterocycles. The van der Waals surface area contributed by atoms with E-state index in [4.69, 9.17) is 4.74 Å². The van der Waals surface area contributed by atoms with Gasteiger partial charge in [-0.1, -0.05) is 23.5 Å². The van der Waals surface area contributed by atoms with Crippen LogP contribution in [0.4, 0.5) is 10.8 Å². The zero-order valence-corrected chi connectivity index (χ0v) is 12.6. The van der Waals surface area contributed by atoms with Crippen molar-refractivity contribution in [1.82, 2.24) is 4.98 Å². The van der Waals surface area contributed by atoms with Gasteiger partial charge in [-0.15, -0.1) is 0 Å². The smallest absolute Gasteiger partial charge is 0.188 e. The van der Waals surface area contributed by atoms with Crippen LogP contribution in [0.25, 0.3) is 10.2 Å². The molecule has 0 saturated carbocycles. The number of aromatic nitrogens is 1. The lowest BCUT2D eigenvalue weighted by Gasteiger charge is -2.06. The summed E-state index contributed by atoms with van der Waals surface area (Å²) in [6.07, 6.45) is 0. The first-order valence-corrected chi connectivity index (χ1v) is 7.33. The Morgan fingerprint density at radius 3 is 2.79 bits per heavy atom. The van der Waals surface area contributed by atoms with E-state index in [0.717, 1.165) is 26.6 Å². The summed E-state index contributed by atoms with van der Waals surface area (Å²) in [4.78, 5) is 4.54. The largest absolute Gasteiger partial charge is 0.496 e. The SMILES string of the molecule is COc1ccc(Nc2nc3ccccc3s2)cc1Br. The van der Waals surface area contributed by atoms with E-state index in [2.05, 4.69) is 32.3 Å². The highest BCUT2D eigenvalue weighted by atomic mass is 79.9. The van der Waals surface area contributed by atoms with Gasteiger partial charge in [0.2, 0.25) is 0 Å². The van der Waals surface area contributed by atoms with Crippen molar-refractivity contribution in [2.75, 3.05) is 12.4 Å². The molecule has 3 rings (SSSR count). The van der Waals surface area contributed by atoms with Crippen LogP contribution < -0.4 is 10.1 Å². The minimum Gasteiger partial charge on any atom is -0.496 e. The van der Waals surface area contributed by atoms with Gasteiger partial charge in [0.1, 0.15) is 5.75 Å². The van der Waals surface area contributed by atoms with Gasteiger partial charge < -0.3 is 10.1 Å². The molecule has 19 heavy (non-hydrogen) atoms. The first-order chi connectivity index (χ1) is 9.26. The number of hydrogen-bond acceptors (Lipinski definition) is 4. The van der Waals surface area contributed by atoms with Crippen LogP contribution in [-0.2, 0) is 0 Å². The number of hydrogen-bond donors (Lipinski definition) is 1. The van der Waals surface area contributed by atoms with Crippen LogP contribution in [0.1, 0.15) is 0 Å². The minimum atomic E-state index is 0.815. The van der Waals surface area contributed by atoms with E-state index in [0.29, 0.717) is 0 Å². The molecule has 0 unspecified atom stereocenters. The van der Waals surface area contributed by atoms with Crippen molar-refractivity contribution < 1.29 is 4.74 Å². The second-order valence-electron chi connectivity index (χ2n) is 3.96. The van der Waals surface area contributed by atoms with Gasteiger partial charge in [-0.2, -0.15) is 0 Å². The average molecular weight is 335 g/mol. The molecule has 0 aliphatic heterocycles. The Balaban J connectivity index is 1.90. The van der Waals surface area contributed by atoms with Gasteiger partial charge in [0.05, 0.1) is 21.8 Å². The highest BCUT2D eigenvalue weighted by Gasteiger charge is 2.05. The average Bonchev–Trinajstić information content (AvgIpc) is 2.81. The fourth-order valence-corrected chi connectivity index (χ4v) is 3.22. The Hall–Kier alpha value is -1.59. The van der Waals surface area contributed by atoms with Gasteiger partial charge in [0.25, 0.3) is 0 Å². The minimum absolute atomic E-state index is 0.815. The quantitative estimate of drug-likeness (QED) is 0.746. The first kappa shape index (κ1) is 12.4. The number of halogens is 1. The highest BCUT2D eigenvalue weighted by molar-refractivity contribution is 9.10. The van der Waals surface area contributed by atoms with E-state index in [9.17, 15) is 0 Å². The normalized spacial score (nSPS) is 10.6. The van der Waals surface area contributed by atoms with E-state index < -0.39 is 0 Å². The maximum Gasteiger partial charge on any atom is 0.188 e. The molecule has 1 heterocycles. The summed E-state index contributed by atoms with van der Waals surface area (Å²) in [5, 5.41) is 4.19. The van der Waals surface area contributed by atoms with E-state index >= 15 is 0 Å². The number of para-hydroxylation sites is 1. The molecule has 0 spiro atoms. The lowest BCUT2D eigenvalue weighted by molar-refractivity contribution is 0.412. The molecule has 0 bridgehead atoms. The molecule has 96 valence electrons. The molecule has 2 aromatic carbocycles. The van der Waals surface area contributed by atoms with Crippen LogP contribution >= 0.6 is 27.3 Å². The van der Waals surface area contributed by atoms with Gasteiger partial charge in [-0.05, 0) is 46.3 Å². The van der Waals surface area contributed by atoms with Gasteiger partial charge in [0.15, 0.2) is 5.13 Å². The maximum atomic E-state index is 5.21. The fraction of sp³-hybridized carbons (Fsp3) is 0.0714. The summed E-state index contributed by atoms with van der Waals surface area (Å²) in [5.41, 5.74) is 1.99. The predicted molar refractivity (Wildman–Crippen MR) is 83.6 cm³/mol. The van der Waals surface area contributed by atoms with E-state index in [1.165, 1.54) is 4.70 Å². The summed E-state index contributed by atoms with van der Waals surface area (Å²) in [6.45, 7) is 0. The maximum absolute atomic E-state index is 5.21. The Bertz CT molecular complexity index is 693. The molecule has 0 aliphatic rings.